The van der Waals surface area contributed by atoms with Crippen molar-refractivity contribution in [1.82, 2.24) is 0 Å². The first-order chi connectivity index (χ1) is 9.67. The second-order valence-electron chi connectivity index (χ2n) is 4.72. The summed E-state index contributed by atoms with van der Waals surface area (Å²) in [6.07, 6.45) is -5.25. The van der Waals surface area contributed by atoms with Crippen LogP contribution < -0.4 is 4.74 Å². The average Bonchev–Trinajstić information content (AvgIpc) is 2.37. The van der Waals surface area contributed by atoms with Gasteiger partial charge in [0.15, 0.2) is 0 Å². The lowest BCUT2D eigenvalue weighted by Gasteiger charge is -2.20. The molecule has 1 aromatic carbocycles. The lowest BCUT2D eigenvalue weighted by molar-refractivity contribution is -0.175. The van der Waals surface area contributed by atoms with E-state index in [2.05, 4.69) is 20.7 Å². The molecule has 3 nitrogen and oxygen atoms in total. The zero-order chi connectivity index (χ0) is 16.2. The largest absolute Gasteiger partial charge is 0.496 e. The summed E-state index contributed by atoms with van der Waals surface area (Å²) in [6.45, 7) is 2.14. The van der Waals surface area contributed by atoms with Crippen LogP contribution in [0.1, 0.15) is 29.2 Å². The quantitative estimate of drug-likeness (QED) is 0.766. The van der Waals surface area contributed by atoms with E-state index in [4.69, 9.17) is 4.74 Å². The van der Waals surface area contributed by atoms with Gasteiger partial charge in [-0.1, -0.05) is 15.9 Å². The van der Waals surface area contributed by atoms with Gasteiger partial charge in [-0.05, 0) is 31.0 Å². The Hall–Kier alpha value is -0.790. The van der Waals surface area contributed by atoms with Crippen molar-refractivity contribution in [3.05, 3.63) is 27.2 Å². The molecule has 0 aromatic heterocycles. The number of hydrogen-bond acceptors (Lipinski definition) is 3. The summed E-state index contributed by atoms with van der Waals surface area (Å²) in [5.74, 6) is 0.541. The van der Waals surface area contributed by atoms with Crippen molar-refractivity contribution in [3.8, 4) is 5.75 Å². The summed E-state index contributed by atoms with van der Waals surface area (Å²) in [4.78, 5) is 0. The number of hydrogen-bond donors (Lipinski definition) is 1. The Morgan fingerprint density at radius 2 is 1.95 bits per heavy atom. The smallest absolute Gasteiger partial charge is 0.411 e. The van der Waals surface area contributed by atoms with Gasteiger partial charge in [-0.25, -0.2) is 0 Å². The normalized spacial score (nSPS) is 13.3. The van der Waals surface area contributed by atoms with Crippen LogP contribution in [-0.2, 0) is 4.74 Å². The van der Waals surface area contributed by atoms with Crippen LogP contribution in [0.15, 0.2) is 10.5 Å². The van der Waals surface area contributed by atoms with Gasteiger partial charge in [0.25, 0.3) is 0 Å². The van der Waals surface area contributed by atoms with Crippen LogP contribution in [0.4, 0.5) is 13.2 Å². The zero-order valence-corrected chi connectivity index (χ0v) is 13.6. The molecule has 120 valence electrons. The molecule has 0 radical (unpaired) electrons. The van der Waals surface area contributed by atoms with Gasteiger partial charge in [0.2, 0.25) is 0 Å². The third kappa shape index (κ3) is 5.16. The summed E-state index contributed by atoms with van der Waals surface area (Å²) >= 11 is 3.39. The fraction of sp³-hybridized carbons (Fsp3) is 0.571. The summed E-state index contributed by atoms with van der Waals surface area (Å²) in [5, 5.41) is 10.2. The number of alkyl halides is 3. The molecule has 21 heavy (non-hydrogen) atoms. The van der Waals surface area contributed by atoms with Gasteiger partial charge in [0, 0.05) is 23.1 Å². The summed E-state index contributed by atoms with van der Waals surface area (Å²) in [5.41, 5.74) is 2.20. The van der Waals surface area contributed by atoms with E-state index in [1.54, 1.807) is 6.92 Å². The molecule has 0 saturated heterocycles. The molecule has 0 spiro atoms. The number of benzene rings is 1. The number of aliphatic hydroxyl groups is 1. The highest BCUT2D eigenvalue weighted by atomic mass is 79.9. The summed E-state index contributed by atoms with van der Waals surface area (Å²) < 4.78 is 46.6. The lowest BCUT2D eigenvalue weighted by Crippen LogP contribution is -2.18. The van der Waals surface area contributed by atoms with Crippen molar-refractivity contribution >= 4 is 15.9 Å². The van der Waals surface area contributed by atoms with E-state index in [0.717, 1.165) is 15.6 Å². The van der Waals surface area contributed by atoms with E-state index < -0.39 is 18.9 Å². The highest BCUT2D eigenvalue weighted by molar-refractivity contribution is 9.10. The number of halogens is 4. The fourth-order valence-corrected chi connectivity index (χ4v) is 2.63. The van der Waals surface area contributed by atoms with Crippen molar-refractivity contribution in [2.75, 3.05) is 20.3 Å². The van der Waals surface area contributed by atoms with Gasteiger partial charge < -0.3 is 14.6 Å². The standard InChI is InChI=1S/C14H18BrF3O3/c1-8-6-10(15)9(2)12(13(8)20-3)11(19)4-5-21-7-14(16,17)18/h6,11,19H,4-5,7H2,1-3H3. The van der Waals surface area contributed by atoms with Crippen LogP contribution in [-0.4, -0.2) is 31.6 Å². The Morgan fingerprint density at radius 1 is 1.33 bits per heavy atom. The number of rotatable bonds is 6. The minimum Gasteiger partial charge on any atom is -0.496 e. The van der Waals surface area contributed by atoms with Crippen molar-refractivity contribution in [2.24, 2.45) is 0 Å². The van der Waals surface area contributed by atoms with Gasteiger partial charge in [0.1, 0.15) is 12.4 Å². The molecular weight excluding hydrogens is 353 g/mol. The SMILES string of the molecule is COc1c(C)cc(Br)c(C)c1C(O)CCOCC(F)(F)F. The molecule has 1 atom stereocenters. The van der Waals surface area contributed by atoms with E-state index in [1.807, 2.05) is 13.0 Å². The molecule has 0 aliphatic heterocycles. The van der Waals surface area contributed by atoms with E-state index in [-0.39, 0.29) is 13.0 Å². The lowest BCUT2D eigenvalue weighted by atomic mass is 9.97. The Labute approximate surface area is 130 Å². The highest BCUT2D eigenvalue weighted by Crippen LogP contribution is 2.37. The maximum absolute atomic E-state index is 12.0. The molecule has 0 heterocycles. The molecule has 1 unspecified atom stereocenters. The molecular formula is C14H18BrF3O3. The van der Waals surface area contributed by atoms with Gasteiger partial charge in [-0.15, -0.1) is 0 Å². The van der Waals surface area contributed by atoms with Crippen LogP contribution in [0.5, 0.6) is 5.75 Å². The van der Waals surface area contributed by atoms with E-state index in [9.17, 15) is 18.3 Å². The molecule has 0 amide bonds. The third-order valence-corrected chi connectivity index (χ3v) is 3.87. The second-order valence-corrected chi connectivity index (χ2v) is 5.57. The van der Waals surface area contributed by atoms with Gasteiger partial charge in [-0.2, -0.15) is 13.2 Å². The summed E-state index contributed by atoms with van der Waals surface area (Å²) in [7, 11) is 1.49. The van der Waals surface area contributed by atoms with Gasteiger partial charge >= 0.3 is 6.18 Å². The predicted octanol–water partition coefficient (Wildman–Crippen LogP) is 4.08. The fourth-order valence-electron chi connectivity index (χ4n) is 2.07. The van der Waals surface area contributed by atoms with E-state index in [1.165, 1.54) is 7.11 Å². The first-order valence-electron chi connectivity index (χ1n) is 6.33. The number of aryl methyl sites for hydroxylation is 1. The predicted molar refractivity (Wildman–Crippen MR) is 76.6 cm³/mol. The Morgan fingerprint density at radius 3 is 2.48 bits per heavy atom. The van der Waals surface area contributed by atoms with E-state index >= 15 is 0 Å². The Bertz CT molecular complexity index is 489. The Kier molecular flexibility index (Phi) is 6.49. The van der Waals surface area contributed by atoms with Crippen LogP contribution >= 0.6 is 15.9 Å². The molecule has 1 N–H and O–H groups in total. The maximum Gasteiger partial charge on any atom is 0.411 e. The number of methoxy groups -OCH3 is 1. The van der Waals surface area contributed by atoms with Crippen LogP contribution in [0.25, 0.3) is 0 Å². The molecule has 7 heteroatoms. The van der Waals surface area contributed by atoms with Crippen LogP contribution in [0.2, 0.25) is 0 Å². The topological polar surface area (TPSA) is 38.7 Å². The number of aliphatic hydroxyl groups excluding tert-OH is 1. The van der Waals surface area contributed by atoms with Gasteiger partial charge in [-0.3, -0.25) is 0 Å². The molecule has 0 bridgehead atoms. The van der Waals surface area contributed by atoms with Crippen LogP contribution in [0.3, 0.4) is 0 Å². The molecule has 0 aliphatic rings. The minimum atomic E-state index is -4.36. The van der Waals surface area contributed by atoms with Crippen molar-refractivity contribution in [1.29, 1.82) is 0 Å². The molecule has 0 saturated carbocycles. The molecule has 1 aromatic rings. The van der Waals surface area contributed by atoms with Crippen molar-refractivity contribution in [2.45, 2.75) is 32.5 Å². The van der Waals surface area contributed by atoms with Gasteiger partial charge in [0.05, 0.1) is 13.2 Å². The van der Waals surface area contributed by atoms with E-state index in [0.29, 0.717) is 11.3 Å². The van der Waals surface area contributed by atoms with Crippen molar-refractivity contribution < 1.29 is 27.8 Å². The van der Waals surface area contributed by atoms with Crippen molar-refractivity contribution in [3.63, 3.8) is 0 Å². The first kappa shape index (κ1) is 18.3. The monoisotopic (exact) mass is 370 g/mol. The Balaban J connectivity index is 2.80. The third-order valence-electron chi connectivity index (χ3n) is 3.05. The maximum atomic E-state index is 12.0. The number of ether oxygens (including phenoxy) is 2. The highest BCUT2D eigenvalue weighted by Gasteiger charge is 2.27. The first-order valence-corrected chi connectivity index (χ1v) is 7.12. The van der Waals surface area contributed by atoms with Crippen LogP contribution in [0, 0.1) is 13.8 Å². The zero-order valence-electron chi connectivity index (χ0n) is 12.1. The minimum absolute atomic E-state index is 0.0587. The molecule has 1 rings (SSSR count). The molecule has 0 aliphatic carbocycles. The molecule has 0 fully saturated rings. The second kappa shape index (κ2) is 7.47. The average molecular weight is 371 g/mol. The summed E-state index contributed by atoms with van der Waals surface area (Å²) in [6, 6.07) is 1.87.